The lowest BCUT2D eigenvalue weighted by molar-refractivity contribution is 0.126. The Bertz CT molecular complexity index is 1420. The van der Waals surface area contributed by atoms with Crippen LogP contribution in [0.5, 0.6) is 11.5 Å². The molecule has 3 aromatic rings. The molecule has 0 fully saturated rings. The summed E-state index contributed by atoms with van der Waals surface area (Å²) in [5.41, 5.74) is 3.19. The van der Waals surface area contributed by atoms with Gasteiger partial charge in [0.05, 0.1) is 52.1 Å². The molecule has 0 spiro atoms. The van der Waals surface area contributed by atoms with Gasteiger partial charge in [-0.25, -0.2) is 0 Å². The topological polar surface area (TPSA) is 39.7 Å². The SMILES string of the molecule is C=[P+](C)[Si](OCC(Oc1ccc(CC(C)NC)cc1Br)c1ccc(OCc2ccc(Cl)c(Cl)c2)cc1)([P+](=C)C)C(C)(C)C. The van der Waals surface area contributed by atoms with Crippen LogP contribution in [0.1, 0.15) is 50.5 Å². The zero-order valence-corrected chi connectivity index (χ0v) is 32.1. The van der Waals surface area contributed by atoms with Crippen LogP contribution in [-0.2, 0) is 17.5 Å². The van der Waals surface area contributed by atoms with Crippen molar-refractivity contribution < 1.29 is 13.9 Å². The predicted molar refractivity (Wildman–Crippen MR) is 198 cm³/mol. The summed E-state index contributed by atoms with van der Waals surface area (Å²) in [5.74, 6) is 1.53. The second-order valence-corrected chi connectivity index (χ2v) is 28.8. The van der Waals surface area contributed by atoms with Gasteiger partial charge in [-0.2, -0.15) is 0 Å². The van der Waals surface area contributed by atoms with Crippen LogP contribution < -0.4 is 14.8 Å². The van der Waals surface area contributed by atoms with E-state index in [0.717, 1.165) is 33.5 Å². The van der Waals surface area contributed by atoms with E-state index in [1.54, 1.807) is 6.07 Å². The number of rotatable bonds is 14. The Hall–Kier alpha value is -1.20. The van der Waals surface area contributed by atoms with E-state index in [1.807, 2.05) is 49.5 Å². The Labute approximate surface area is 279 Å². The van der Waals surface area contributed by atoms with Gasteiger partial charge in [-0.15, -0.1) is 0 Å². The first-order valence-corrected chi connectivity index (χ1v) is 23.3. The van der Waals surface area contributed by atoms with Gasteiger partial charge in [0.2, 0.25) is 0 Å². The summed E-state index contributed by atoms with van der Waals surface area (Å²) >= 11 is 16.0. The van der Waals surface area contributed by atoms with Crippen molar-refractivity contribution in [1.82, 2.24) is 5.32 Å². The number of hydrogen-bond acceptors (Lipinski definition) is 4. The third-order valence-corrected chi connectivity index (χ3v) is 30.5. The third kappa shape index (κ3) is 9.41. The van der Waals surface area contributed by atoms with Gasteiger partial charge in [0.15, 0.2) is 0 Å². The third-order valence-electron chi connectivity index (χ3n) is 7.39. The van der Waals surface area contributed by atoms with Crippen LogP contribution in [0.2, 0.25) is 15.1 Å². The zero-order valence-electron chi connectivity index (χ0n) is 26.2. The number of ether oxygens (including phenoxy) is 2. The van der Waals surface area contributed by atoms with Crippen molar-refractivity contribution in [3.05, 3.63) is 91.9 Å². The molecule has 4 unspecified atom stereocenters. The summed E-state index contributed by atoms with van der Waals surface area (Å²) in [4.78, 5) is 0. The molecule has 0 aliphatic rings. The average molecular weight is 744 g/mol. The molecule has 1 N–H and O–H groups in total. The van der Waals surface area contributed by atoms with E-state index in [2.05, 4.69) is 87.0 Å². The number of benzene rings is 3. The van der Waals surface area contributed by atoms with Crippen LogP contribution in [0.3, 0.4) is 0 Å². The van der Waals surface area contributed by atoms with Gasteiger partial charge in [-0.3, -0.25) is 0 Å². The highest BCUT2D eigenvalue weighted by Crippen LogP contribution is 2.61. The maximum Gasteiger partial charge on any atom is 0.662 e. The van der Waals surface area contributed by atoms with Gasteiger partial charge in [-0.1, -0.05) is 68.2 Å². The van der Waals surface area contributed by atoms with Crippen molar-refractivity contribution >= 4 is 73.6 Å². The molecule has 10 heteroatoms. The summed E-state index contributed by atoms with van der Waals surface area (Å²) in [6, 6.07) is 20.2. The Morgan fingerprint density at radius 1 is 0.930 bits per heavy atom. The number of hydrogen-bond donors (Lipinski definition) is 1. The molecule has 0 amide bonds. The summed E-state index contributed by atoms with van der Waals surface area (Å²) in [5, 5.41) is 4.34. The maximum atomic E-state index is 7.06. The minimum absolute atomic E-state index is 0.00352. The van der Waals surface area contributed by atoms with Gasteiger partial charge in [-0.05, 0) is 89.4 Å². The molecule has 0 radical (unpaired) electrons. The highest BCUT2D eigenvalue weighted by Gasteiger charge is 2.70. The molecule has 4 nitrogen and oxygen atoms in total. The first kappa shape index (κ1) is 36.3. The van der Waals surface area contributed by atoms with Gasteiger partial charge in [0.25, 0.3) is 0 Å². The van der Waals surface area contributed by atoms with Crippen LogP contribution in [-0.4, -0.2) is 53.3 Å². The van der Waals surface area contributed by atoms with Crippen molar-refractivity contribution in [3.63, 3.8) is 0 Å². The Kier molecular flexibility index (Phi) is 13.4. The van der Waals surface area contributed by atoms with Gasteiger partial charge in [0, 0.05) is 6.04 Å². The standard InChI is InChI=1S/C33H44BrCl2NO3P2Si/c1-23(37-5)18-24-11-17-31(28(34)19-24)40-32(22-39-43(41(6)7,42(8)9)33(2,3)4)26-12-14-27(15-13-26)38-21-25-10-16-29(35)30(36)20-25/h10-17,19-20,23,32,37H,6,8,18,21-22H2,1-5,7,9H3/q+2. The van der Waals surface area contributed by atoms with Crippen molar-refractivity contribution in [2.75, 3.05) is 27.0 Å². The Morgan fingerprint density at radius 3 is 2.09 bits per heavy atom. The molecule has 3 aromatic carbocycles. The van der Waals surface area contributed by atoms with Crippen LogP contribution >= 0.6 is 53.3 Å². The molecule has 0 aliphatic carbocycles. The molecule has 0 bridgehead atoms. The van der Waals surface area contributed by atoms with E-state index >= 15 is 0 Å². The van der Waals surface area contributed by atoms with E-state index in [1.165, 1.54) is 5.56 Å². The molecular weight excluding hydrogens is 699 g/mol. The lowest BCUT2D eigenvalue weighted by Gasteiger charge is -2.29. The normalized spacial score (nSPS) is 15.3. The van der Waals surface area contributed by atoms with Crippen molar-refractivity contribution in [2.45, 2.75) is 57.9 Å². The van der Waals surface area contributed by atoms with Crippen molar-refractivity contribution in [3.8, 4) is 11.5 Å². The van der Waals surface area contributed by atoms with Crippen molar-refractivity contribution in [1.29, 1.82) is 0 Å². The van der Waals surface area contributed by atoms with Crippen molar-refractivity contribution in [2.24, 2.45) is 0 Å². The van der Waals surface area contributed by atoms with Crippen LogP contribution in [0.25, 0.3) is 0 Å². The highest BCUT2D eigenvalue weighted by molar-refractivity contribution is 9.10. The molecule has 3 rings (SSSR count). The molecule has 232 valence electrons. The first-order chi connectivity index (χ1) is 20.2. The van der Waals surface area contributed by atoms with Gasteiger partial charge < -0.3 is 19.2 Å². The molecule has 0 saturated carbocycles. The average Bonchev–Trinajstić information content (AvgIpc) is 2.93. The molecule has 0 heterocycles. The lowest BCUT2D eigenvalue weighted by Crippen LogP contribution is -2.42. The fraction of sp³-hybridized carbons (Fsp3) is 0.394. The van der Waals surface area contributed by atoms with E-state index in [4.69, 9.17) is 37.1 Å². The molecule has 43 heavy (non-hydrogen) atoms. The quantitative estimate of drug-likeness (QED) is 0.132. The van der Waals surface area contributed by atoms with E-state index < -0.39 is 21.8 Å². The fourth-order valence-corrected chi connectivity index (χ4v) is 25.8. The molecule has 4 atom stereocenters. The minimum atomic E-state index is -2.32. The number of likely N-dealkylation sites (N-methyl/N-ethyl adjacent to an activating group) is 1. The summed E-state index contributed by atoms with van der Waals surface area (Å²) < 4.78 is 20.7. The maximum absolute atomic E-state index is 7.06. The monoisotopic (exact) mass is 741 g/mol. The van der Waals surface area contributed by atoms with E-state index in [0.29, 0.717) is 29.3 Å². The molecule has 0 saturated heterocycles. The van der Waals surface area contributed by atoms with E-state index in [9.17, 15) is 0 Å². The Balaban J connectivity index is 1.89. The second kappa shape index (κ2) is 15.9. The van der Waals surface area contributed by atoms with Crippen LogP contribution in [0, 0.1) is 0 Å². The van der Waals surface area contributed by atoms with E-state index in [-0.39, 0.29) is 11.1 Å². The number of halogens is 3. The van der Waals surface area contributed by atoms with Crippen LogP contribution in [0.15, 0.2) is 65.1 Å². The minimum Gasteiger partial charge on any atom is -0.489 e. The van der Waals surface area contributed by atoms with Crippen LogP contribution in [0.4, 0.5) is 0 Å². The summed E-state index contributed by atoms with van der Waals surface area (Å²) in [7, 11) is -1.47. The fourth-order valence-electron chi connectivity index (χ4n) is 5.21. The lowest BCUT2D eigenvalue weighted by atomic mass is 10.1. The Morgan fingerprint density at radius 2 is 1.56 bits per heavy atom. The van der Waals surface area contributed by atoms with Gasteiger partial charge >= 0.3 is 7.65 Å². The first-order valence-electron chi connectivity index (χ1n) is 14.2. The second-order valence-electron chi connectivity index (χ2n) is 11.9. The smallest absolute Gasteiger partial charge is 0.489 e. The number of nitrogens with one attached hydrogen (secondary N) is 1. The molecular formula is C33H44BrCl2NO3P2Si+2. The molecule has 0 aliphatic heterocycles. The van der Waals surface area contributed by atoms with Gasteiger partial charge in [0.1, 0.15) is 38.4 Å². The highest BCUT2D eigenvalue weighted by atomic mass is 79.9. The zero-order chi connectivity index (χ0) is 31.9. The largest absolute Gasteiger partial charge is 0.662 e. The summed E-state index contributed by atoms with van der Waals surface area (Å²) in [6.45, 7) is 14.3. The molecule has 0 aromatic heterocycles. The summed E-state index contributed by atoms with van der Waals surface area (Å²) in [6.07, 6.45) is 9.69. The predicted octanol–water partition coefficient (Wildman–Crippen LogP) is 10.4.